The topological polar surface area (TPSA) is 109 Å². The number of amides is 3. The molecule has 0 radical (unpaired) electrons. The molecule has 10 heteroatoms. The number of aryl methyl sites for hydroxylation is 1. The number of ether oxygens (including phenoxy) is 1. The Kier molecular flexibility index (Phi) is 8.31. The van der Waals surface area contributed by atoms with Crippen LogP contribution in [0.25, 0.3) is 0 Å². The molecule has 8 nitrogen and oxygen atoms in total. The molecule has 3 rings (SSSR count). The van der Waals surface area contributed by atoms with Gasteiger partial charge in [-0.05, 0) is 54.4 Å². The lowest BCUT2D eigenvalue weighted by molar-refractivity contribution is -0.136. The van der Waals surface area contributed by atoms with Gasteiger partial charge in [-0.2, -0.15) is 5.10 Å². The molecule has 0 aliphatic carbocycles. The Balaban J connectivity index is 1.49. The summed E-state index contributed by atoms with van der Waals surface area (Å²) in [5.41, 5.74) is 4.40. The number of anilines is 2. The highest BCUT2D eigenvalue weighted by atomic mass is 35.5. The summed E-state index contributed by atoms with van der Waals surface area (Å²) < 4.78 is 18.6. The predicted octanol–water partition coefficient (Wildman–Crippen LogP) is 3.89. The van der Waals surface area contributed by atoms with Gasteiger partial charge in [0.05, 0.1) is 11.2 Å². The molecule has 0 aliphatic rings. The second-order valence-electron chi connectivity index (χ2n) is 7.01. The first-order valence-electron chi connectivity index (χ1n) is 9.99. The largest absolute Gasteiger partial charge is 0.484 e. The minimum Gasteiger partial charge on any atom is -0.484 e. The number of halogens is 2. The molecular formula is C24H20ClFN4O4. The summed E-state index contributed by atoms with van der Waals surface area (Å²) in [5.74, 6) is -2.45. The van der Waals surface area contributed by atoms with E-state index in [-0.39, 0.29) is 11.6 Å². The van der Waals surface area contributed by atoms with Gasteiger partial charge in [0.2, 0.25) is 0 Å². The van der Waals surface area contributed by atoms with Crippen LogP contribution in [-0.2, 0) is 14.4 Å². The molecule has 0 spiro atoms. The maximum atomic E-state index is 13.2. The molecule has 174 valence electrons. The van der Waals surface area contributed by atoms with Crippen LogP contribution in [0.1, 0.15) is 11.1 Å². The fourth-order valence-electron chi connectivity index (χ4n) is 2.71. The molecule has 0 aliphatic heterocycles. The molecule has 0 heterocycles. The summed E-state index contributed by atoms with van der Waals surface area (Å²) in [7, 11) is 0. The molecule has 3 aromatic carbocycles. The van der Waals surface area contributed by atoms with Gasteiger partial charge in [-0.3, -0.25) is 14.4 Å². The first-order chi connectivity index (χ1) is 16.3. The van der Waals surface area contributed by atoms with Gasteiger partial charge >= 0.3 is 11.8 Å². The molecule has 0 saturated carbocycles. The van der Waals surface area contributed by atoms with E-state index in [9.17, 15) is 18.8 Å². The van der Waals surface area contributed by atoms with Gasteiger partial charge in [-0.25, -0.2) is 9.82 Å². The Labute approximate surface area is 199 Å². The van der Waals surface area contributed by atoms with Crippen molar-refractivity contribution in [3.05, 3.63) is 88.7 Å². The smallest absolute Gasteiger partial charge is 0.329 e. The zero-order chi connectivity index (χ0) is 24.5. The Bertz CT molecular complexity index is 1250. The zero-order valence-electron chi connectivity index (χ0n) is 18.0. The predicted molar refractivity (Wildman–Crippen MR) is 128 cm³/mol. The lowest BCUT2D eigenvalue weighted by Gasteiger charge is -2.08. The summed E-state index contributed by atoms with van der Waals surface area (Å²) in [6.07, 6.45) is 1.33. The Hall–Kier alpha value is -4.24. The molecule has 0 aromatic heterocycles. The van der Waals surface area contributed by atoms with Gasteiger partial charge in [0.1, 0.15) is 11.6 Å². The van der Waals surface area contributed by atoms with Crippen LogP contribution in [0.2, 0.25) is 5.02 Å². The van der Waals surface area contributed by atoms with Crippen LogP contribution >= 0.6 is 11.6 Å². The number of nitrogens with one attached hydrogen (secondary N) is 3. The molecule has 0 bridgehead atoms. The van der Waals surface area contributed by atoms with Gasteiger partial charge < -0.3 is 15.4 Å². The zero-order valence-corrected chi connectivity index (χ0v) is 18.7. The third-order valence-corrected chi connectivity index (χ3v) is 4.70. The van der Waals surface area contributed by atoms with E-state index in [1.54, 1.807) is 36.4 Å². The number of hydrogen-bond donors (Lipinski definition) is 3. The number of carbonyl (C=O) groups is 3. The molecule has 3 aromatic rings. The summed E-state index contributed by atoms with van der Waals surface area (Å²) in [5, 5.41) is 8.72. The van der Waals surface area contributed by atoms with Crippen molar-refractivity contribution >= 4 is 46.9 Å². The second-order valence-corrected chi connectivity index (χ2v) is 7.41. The molecule has 0 saturated heterocycles. The third-order valence-electron chi connectivity index (χ3n) is 4.41. The normalized spacial score (nSPS) is 10.6. The van der Waals surface area contributed by atoms with Crippen molar-refractivity contribution in [2.75, 3.05) is 17.2 Å². The van der Waals surface area contributed by atoms with E-state index in [0.717, 1.165) is 11.6 Å². The quantitative estimate of drug-likeness (QED) is 0.269. The lowest BCUT2D eigenvalue weighted by Crippen LogP contribution is -2.32. The van der Waals surface area contributed by atoms with Crippen LogP contribution in [0.4, 0.5) is 15.8 Å². The van der Waals surface area contributed by atoms with Crippen LogP contribution in [0.5, 0.6) is 5.75 Å². The van der Waals surface area contributed by atoms with Gasteiger partial charge in [0.15, 0.2) is 6.61 Å². The maximum Gasteiger partial charge on any atom is 0.329 e. The maximum absolute atomic E-state index is 13.2. The first kappa shape index (κ1) is 24.4. The second kappa shape index (κ2) is 11.6. The van der Waals surface area contributed by atoms with Crippen molar-refractivity contribution < 1.29 is 23.5 Å². The van der Waals surface area contributed by atoms with Gasteiger partial charge in [0.25, 0.3) is 5.91 Å². The van der Waals surface area contributed by atoms with Crippen molar-refractivity contribution in [3.63, 3.8) is 0 Å². The van der Waals surface area contributed by atoms with E-state index in [1.165, 1.54) is 18.3 Å². The molecular weight excluding hydrogens is 463 g/mol. The van der Waals surface area contributed by atoms with E-state index in [4.69, 9.17) is 16.3 Å². The van der Waals surface area contributed by atoms with Crippen molar-refractivity contribution in [2.24, 2.45) is 5.10 Å². The number of rotatable bonds is 7. The molecule has 0 atom stereocenters. The number of carbonyl (C=O) groups excluding carboxylic acids is 3. The fourth-order valence-corrected chi connectivity index (χ4v) is 2.89. The third kappa shape index (κ3) is 7.14. The van der Waals surface area contributed by atoms with Crippen LogP contribution in [0.3, 0.4) is 0 Å². The summed E-state index contributed by atoms with van der Waals surface area (Å²) in [4.78, 5) is 36.0. The standard InChI is InChI=1S/C24H20ClFN4O4/c1-15-5-2-3-8-21(15)29-23(32)24(33)30-27-13-16-6-4-7-18(11-16)34-14-22(31)28-17-9-10-20(26)19(25)12-17/h2-13H,14H2,1H3,(H,28,31)(H,29,32)(H,30,33)/b27-13-. The molecule has 3 N–H and O–H groups in total. The minimum atomic E-state index is -0.926. The highest BCUT2D eigenvalue weighted by Gasteiger charge is 2.13. The average molecular weight is 483 g/mol. The van der Waals surface area contributed by atoms with E-state index >= 15 is 0 Å². The van der Waals surface area contributed by atoms with E-state index in [2.05, 4.69) is 21.2 Å². The average Bonchev–Trinajstić information content (AvgIpc) is 2.82. The van der Waals surface area contributed by atoms with Crippen LogP contribution in [0, 0.1) is 12.7 Å². The summed E-state index contributed by atoms with van der Waals surface area (Å²) in [6.45, 7) is 1.51. The van der Waals surface area contributed by atoms with Gasteiger partial charge in [-0.15, -0.1) is 0 Å². The lowest BCUT2D eigenvalue weighted by atomic mass is 10.2. The van der Waals surface area contributed by atoms with Crippen molar-refractivity contribution in [1.82, 2.24) is 5.43 Å². The minimum absolute atomic E-state index is 0.106. The molecule has 3 amide bonds. The van der Waals surface area contributed by atoms with E-state index < -0.39 is 23.5 Å². The van der Waals surface area contributed by atoms with Crippen molar-refractivity contribution in [3.8, 4) is 5.75 Å². The van der Waals surface area contributed by atoms with Crippen LogP contribution < -0.4 is 20.8 Å². The summed E-state index contributed by atoms with van der Waals surface area (Å²) in [6, 6.07) is 17.5. The Morgan fingerprint density at radius 2 is 1.79 bits per heavy atom. The molecule has 0 unspecified atom stereocenters. The van der Waals surface area contributed by atoms with Crippen molar-refractivity contribution in [1.29, 1.82) is 0 Å². The van der Waals surface area contributed by atoms with Gasteiger partial charge in [0, 0.05) is 11.4 Å². The Morgan fingerprint density at radius 3 is 2.56 bits per heavy atom. The number of hydrazone groups is 1. The number of nitrogens with zero attached hydrogens (tertiary/aromatic N) is 1. The monoisotopic (exact) mass is 482 g/mol. The van der Waals surface area contributed by atoms with Gasteiger partial charge in [-0.1, -0.05) is 41.9 Å². The van der Waals surface area contributed by atoms with E-state index in [1.807, 2.05) is 19.1 Å². The number of para-hydroxylation sites is 1. The molecule has 34 heavy (non-hydrogen) atoms. The van der Waals surface area contributed by atoms with Crippen LogP contribution in [-0.4, -0.2) is 30.5 Å². The van der Waals surface area contributed by atoms with Crippen LogP contribution in [0.15, 0.2) is 71.8 Å². The van der Waals surface area contributed by atoms with E-state index in [0.29, 0.717) is 22.7 Å². The number of hydrogen-bond acceptors (Lipinski definition) is 5. The first-order valence-corrected chi connectivity index (χ1v) is 10.4. The summed E-state index contributed by atoms with van der Waals surface area (Å²) >= 11 is 5.69. The highest BCUT2D eigenvalue weighted by molar-refractivity contribution is 6.39. The highest BCUT2D eigenvalue weighted by Crippen LogP contribution is 2.19. The van der Waals surface area contributed by atoms with Crippen molar-refractivity contribution in [2.45, 2.75) is 6.92 Å². The Morgan fingerprint density at radius 1 is 1.00 bits per heavy atom. The number of benzene rings is 3. The fraction of sp³-hybridized carbons (Fsp3) is 0.0833. The SMILES string of the molecule is Cc1ccccc1NC(=O)C(=O)N/N=C\c1cccc(OCC(=O)Nc2ccc(F)c(Cl)c2)c1. The molecule has 0 fully saturated rings.